The maximum atomic E-state index is 5.97. The van der Waals surface area contributed by atoms with Crippen molar-refractivity contribution in [1.82, 2.24) is 9.97 Å². The van der Waals surface area contributed by atoms with Crippen molar-refractivity contribution >= 4 is 17.6 Å². The lowest BCUT2D eigenvalue weighted by Crippen LogP contribution is -2.29. The Kier molecular flexibility index (Phi) is 3.01. The maximum absolute atomic E-state index is 5.97. The summed E-state index contributed by atoms with van der Waals surface area (Å²) in [7, 11) is 0. The molecule has 1 aromatic heterocycles. The van der Waals surface area contributed by atoms with Crippen LogP contribution in [0, 0.1) is 17.3 Å². The molecule has 5 N–H and O–H groups in total. The van der Waals surface area contributed by atoms with E-state index in [0.29, 0.717) is 23.8 Å². The molecule has 0 aromatic carbocycles. The Morgan fingerprint density at radius 3 is 2.55 bits per heavy atom. The summed E-state index contributed by atoms with van der Waals surface area (Å²) in [5.41, 5.74) is 12.0. The molecule has 2 heterocycles. The summed E-state index contributed by atoms with van der Waals surface area (Å²) in [5, 5.41) is 3.34. The van der Waals surface area contributed by atoms with Crippen LogP contribution in [-0.2, 0) is 0 Å². The van der Waals surface area contributed by atoms with Gasteiger partial charge in [-0.05, 0) is 17.3 Å². The molecule has 0 radical (unpaired) electrons. The topological polar surface area (TPSA) is 93.1 Å². The third kappa shape index (κ3) is 2.65. The van der Waals surface area contributed by atoms with Gasteiger partial charge in [-0.1, -0.05) is 20.8 Å². The normalized spacial score (nSPS) is 28.4. The summed E-state index contributed by atoms with van der Waals surface area (Å²) in [6.07, 6.45) is 0. The number of aromatic nitrogens is 2. The molecule has 20 heavy (non-hydrogen) atoms. The number of fused-ring (bicyclic) bond motifs is 1. The fraction of sp³-hybridized carbons (Fsp3) is 0.714. The molecular weight excluding hydrogens is 252 g/mol. The van der Waals surface area contributed by atoms with Crippen molar-refractivity contribution in [2.24, 2.45) is 23.0 Å². The van der Waals surface area contributed by atoms with E-state index in [1.54, 1.807) is 0 Å². The van der Waals surface area contributed by atoms with Crippen LogP contribution in [0.15, 0.2) is 6.07 Å². The third-order valence-electron chi connectivity index (χ3n) is 4.11. The minimum Gasteiger partial charge on any atom is -0.369 e. The van der Waals surface area contributed by atoms with Crippen LogP contribution in [0.25, 0.3) is 0 Å². The van der Waals surface area contributed by atoms with Crippen LogP contribution >= 0.6 is 0 Å². The Balaban J connectivity index is 1.71. The molecule has 1 saturated heterocycles. The van der Waals surface area contributed by atoms with Crippen LogP contribution in [0.5, 0.6) is 0 Å². The predicted molar refractivity (Wildman–Crippen MR) is 81.6 cm³/mol. The predicted octanol–water partition coefficient (Wildman–Crippen LogP) is 0.910. The second-order valence-electron chi connectivity index (χ2n) is 7.19. The highest BCUT2D eigenvalue weighted by atomic mass is 15.3. The van der Waals surface area contributed by atoms with Crippen LogP contribution < -0.4 is 21.7 Å². The summed E-state index contributed by atoms with van der Waals surface area (Å²) in [4.78, 5) is 10.9. The van der Waals surface area contributed by atoms with E-state index in [1.165, 1.54) is 0 Å². The standard InChI is InChI=1S/C14H24N6/c1-14(2,3)7-17-10-4-11(19-13(16)18-10)20-5-8-9(6-20)12(8)15/h4,8-9,12H,5-7,15H2,1-3H3,(H3,16,17,18,19)/t8-,9+,12+. The van der Waals surface area contributed by atoms with Crippen molar-refractivity contribution in [3.63, 3.8) is 0 Å². The summed E-state index contributed by atoms with van der Waals surface area (Å²) >= 11 is 0. The number of hydrogen-bond acceptors (Lipinski definition) is 6. The van der Waals surface area contributed by atoms with Gasteiger partial charge in [0, 0.05) is 31.7 Å². The Bertz CT molecular complexity index is 497. The number of hydrogen-bond donors (Lipinski definition) is 3. The van der Waals surface area contributed by atoms with E-state index in [1.807, 2.05) is 6.07 Å². The van der Waals surface area contributed by atoms with Gasteiger partial charge in [-0.15, -0.1) is 0 Å². The number of nitrogens with two attached hydrogens (primary N) is 2. The van der Waals surface area contributed by atoms with Gasteiger partial charge in [-0.25, -0.2) is 0 Å². The molecule has 2 aliphatic rings. The molecule has 0 bridgehead atoms. The molecule has 1 aliphatic carbocycles. The first-order chi connectivity index (χ1) is 9.33. The number of piperidine rings is 1. The fourth-order valence-electron chi connectivity index (χ4n) is 2.82. The van der Waals surface area contributed by atoms with Gasteiger partial charge in [0.15, 0.2) is 0 Å². The summed E-state index contributed by atoms with van der Waals surface area (Å²) < 4.78 is 0. The van der Waals surface area contributed by atoms with Gasteiger partial charge in [0.25, 0.3) is 0 Å². The molecule has 0 spiro atoms. The van der Waals surface area contributed by atoms with E-state index in [4.69, 9.17) is 11.5 Å². The molecular formula is C14H24N6. The lowest BCUT2D eigenvalue weighted by molar-refractivity contribution is 0.442. The summed E-state index contributed by atoms with van der Waals surface area (Å²) in [5.74, 6) is 3.30. The van der Waals surface area contributed by atoms with Crippen molar-refractivity contribution in [2.75, 3.05) is 35.6 Å². The van der Waals surface area contributed by atoms with Crippen molar-refractivity contribution in [3.05, 3.63) is 6.07 Å². The Hall–Kier alpha value is -1.56. The molecule has 0 unspecified atom stereocenters. The largest absolute Gasteiger partial charge is 0.369 e. The molecule has 6 nitrogen and oxygen atoms in total. The van der Waals surface area contributed by atoms with E-state index >= 15 is 0 Å². The zero-order valence-electron chi connectivity index (χ0n) is 12.4. The van der Waals surface area contributed by atoms with Crippen molar-refractivity contribution in [1.29, 1.82) is 0 Å². The zero-order chi connectivity index (χ0) is 14.5. The van der Waals surface area contributed by atoms with E-state index in [2.05, 4.69) is 41.0 Å². The quantitative estimate of drug-likeness (QED) is 0.760. The van der Waals surface area contributed by atoms with Crippen LogP contribution in [-0.4, -0.2) is 35.6 Å². The number of nitrogens with zero attached hydrogens (tertiary/aromatic N) is 3. The minimum absolute atomic E-state index is 0.196. The van der Waals surface area contributed by atoms with Gasteiger partial charge in [0.2, 0.25) is 5.95 Å². The Labute approximate surface area is 119 Å². The Morgan fingerprint density at radius 1 is 1.30 bits per heavy atom. The average Bonchev–Trinajstić information content (AvgIpc) is 2.78. The number of rotatable bonds is 3. The van der Waals surface area contributed by atoms with Gasteiger partial charge in [0.05, 0.1) is 0 Å². The minimum atomic E-state index is 0.196. The lowest BCUT2D eigenvalue weighted by atomic mass is 9.97. The summed E-state index contributed by atoms with van der Waals surface area (Å²) in [6, 6.07) is 2.38. The molecule has 3 atom stereocenters. The van der Waals surface area contributed by atoms with Crippen LogP contribution in [0.3, 0.4) is 0 Å². The molecule has 1 saturated carbocycles. The molecule has 3 rings (SSSR count). The molecule has 0 amide bonds. The van der Waals surface area contributed by atoms with Gasteiger partial charge >= 0.3 is 0 Å². The molecule has 1 aliphatic heterocycles. The highest BCUT2D eigenvalue weighted by Gasteiger charge is 2.53. The number of nitrogens with one attached hydrogen (secondary N) is 1. The van der Waals surface area contributed by atoms with Gasteiger partial charge < -0.3 is 21.7 Å². The first-order valence-corrected chi connectivity index (χ1v) is 7.22. The number of anilines is 3. The Morgan fingerprint density at radius 2 is 1.95 bits per heavy atom. The molecule has 110 valence electrons. The van der Waals surface area contributed by atoms with E-state index in [-0.39, 0.29) is 5.41 Å². The van der Waals surface area contributed by atoms with E-state index in [9.17, 15) is 0 Å². The maximum Gasteiger partial charge on any atom is 0.223 e. The van der Waals surface area contributed by atoms with E-state index < -0.39 is 0 Å². The fourth-order valence-corrected chi connectivity index (χ4v) is 2.82. The first-order valence-electron chi connectivity index (χ1n) is 7.22. The van der Waals surface area contributed by atoms with E-state index in [0.717, 1.165) is 31.3 Å². The first kappa shape index (κ1) is 13.4. The van der Waals surface area contributed by atoms with Gasteiger partial charge in [-0.2, -0.15) is 9.97 Å². The van der Waals surface area contributed by atoms with Gasteiger partial charge in [-0.3, -0.25) is 0 Å². The van der Waals surface area contributed by atoms with Crippen LogP contribution in [0.1, 0.15) is 20.8 Å². The lowest BCUT2D eigenvalue weighted by Gasteiger charge is -2.22. The van der Waals surface area contributed by atoms with Crippen molar-refractivity contribution < 1.29 is 0 Å². The number of nitrogen functional groups attached to an aromatic ring is 1. The van der Waals surface area contributed by atoms with Gasteiger partial charge in [0.1, 0.15) is 11.6 Å². The summed E-state index contributed by atoms with van der Waals surface area (Å²) in [6.45, 7) is 9.36. The highest BCUT2D eigenvalue weighted by Crippen LogP contribution is 2.45. The second-order valence-corrected chi connectivity index (χ2v) is 7.19. The molecule has 2 fully saturated rings. The average molecular weight is 276 g/mol. The molecule has 1 aromatic rings. The second kappa shape index (κ2) is 4.48. The van der Waals surface area contributed by atoms with Crippen LogP contribution in [0.2, 0.25) is 0 Å². The zero-order valence-corrected chi connectivity index (χ0v) is 12.4. The SMILES string of the molecule is CC(C)(C)CNc1cc(N2C[C@@H]3[C@@H](N)[C@@H]3C2)nc(N)n1. The smallest absolute Gasteiger partial charge is 0.223 e. The van der Waals surface area contributed by atoms with Crippen molar-refractivity contribution in [2.45, 2.75) is 26.8 Å². The monoisotopic (exact) mass is 276 g/mol. The highest BCUT2D eigenvalue weighted by molar-refractivity contribution is 5.54. The van der Waals surface area contributed by atoms with Crippen LogP contribution in [0.4, 0.5) is 17.6 Å². The molecule has 6 heteroatoms. The van der Waals surface area contributed by atoms with Crippen molar-refractivity contribution in [3.8, 4) is 0 Å². The third-order valence-corrected chi connectivity index (χ3v) is 4.11.